The van der Waals surface area contributed by atoms with Crippen LogP contribution in [0.1, 0.15) is 181 Å². The quantitative estimate of drug-likeness (QED) is 0.0310. The van der Waals surface area contributed by atoms with Crippen LogP contribution in [0.25, 0.3) is 0 Å². The van der Waals surface area contributed by atoms with E-state index in [0.29, 0.717) is 0 Å². The van der Waals surface area contributed by atoms with Gasteiger partial charge in [0.1, 0.15) is 13.1 Å². The number of aliphatic hydroxyl groups is 2. The molecule has 0 radical (unpaired) electrons. The van der Waals surface area contributed by atoms with E-state index >= 15 is 0 Å². The highest BCUT2D eigenvalue weighted by Crippen LogP contribution is 2.14. The average Bonchev–Trinajstić information content (AvgIpc) is 3.03. The van der Waals surface area contributed by atoms with E-state index in [-0.39, 0.29) is 34.6 Å². The van der Waals surface area contributed by atoms with Gasteiger partial charge in [-0.15, -0.1) is 11.5 Å². The lowest BCUT2D eigenvalue weighted by molar-refractivity contribution is -0.894. The van der Waals surface area contributed by atoms with Crippen molar-refractivity contribution >= 4 is 11.6 Å². The van der Waals surface area contributed by atoms with E-state index in [9.17, 15) is 19.8 Å². The van der Waals surface area contributed by atoms with Crippen LogP contribution in [0.2, 0.25) is 0 Å². The van der Waals surface area contributed by atoms with Crippen LogP contribution < -0.4 is 17.0 Å². The number of ketones is 2. The summed E-state index contributed by atoms with van der Waals surface area (Å²) in [4.78, 5) is 24.8. The zero-order valence-corrected chi connectivity index (χ0v) is 33.4. The number of rotatable bonds is 34. The number of quaternary nitrogens is 1. The molecule has 0 aliphatic carbocycles. The Morgan fingerprint density at radius 3 is 1.02 bits per heavy atom. The molecule has 0 amide bonds. The molecule has 0 saturated carbocycles. The van der Waals surface area contributed by atoms with Crippen molar-refractivity contribution in [3.63, 3.8) is 0 Å². The molecule has 0 heterocycles. The van der Waals surface area contributed by atoms with Crippen molar-refractivity contribution < 1.29 is 41.3 Å². The molecule has 2 unspecified atom stereocenters. The van der Waals surface area contributed by atoms with Crippen molar-refractivity contribution in [2.45, 2.75) is 193 Å². The van der Waals surface area contributed by atoms with E-state index in [4.69, 9.17) is 0 Å². The first-order valence-electron chi connectivity index (χ1n) is 19.8. The maximum Gasteiger partial charge on any atom is 0.197 e. The summed E-state index contributed by atoms with van der Waals surface area (Å²) < 4.78 is 0.145. The smallest absolute Gasteiger partial charge is 0.197 e. The number of unbranched alkanes of at least 4 members (excludes halogenated alkanes) is 24. The summed E-state index contributed by atoms with van der Waals surface area (Å²) >= 11 is 0. The normalized spacial score (nSPS) is 12.3. The highest BCUT2D eigenvalue weighted by atomic mass is 79.9. The molecule has 6 heteroatoms. The number of nitrogens with zero attached hydrogens (tertiary/aromatic N) is 1. The van der Waals surface area contributed by atoms with Crippen molar-refractivity contribution in [1.82, 2.24) is 0 Å². The molecule has 0 bridgehead atoms. The minimum absolute atomic E-state index is 0. The van der Waals surface area contributed by atoms with Crippen LogP contribution in [-0.2, 0) is 9.59 Å². The lowest BCUT2D eigenvalue weighted by Gasteiger charge is -2.32. The predicted octanol–water partition coefficient (Wildman–Crippen LogP) is 7.53. The van der Waals surface area contributed by atoms with Crippen LogP contribution >= 0.6 is 0 Å². The highest BCUT2D eigenvalue weighted by molar-refractivity contribution is 5.93. The third kappa shape index (κ3) is 33.2. The molecular weight excluding hydrogens is 662 g/mol. The second-order valence-electron chi connectivity index (χ2n) is 14.5. The number of carbonyl (C=O) groups excluding carboxylic acids is 2. The third-order valence-corrected chi connectivity index (χ3v) is 9.08. The van der Waals surface area contributed by atoms with Gasteiger partial charge in [0, 0.05) is 12.2 Å². The fraction of sp³-hybridized carbons (Fsp3) is 0.810. The molecular formula is C42H76BrNO4. The zero-order chi connectivity index (χ0) is 34.9. The number of likely N-dealkylation sites (N-methyl/N-ethyl adjacent to an activating group) is 1. The van der Waals surface area contributed by atoms with Gasteiger partial charge in [-0.3, -0.25) is 9.59 Å². The standard InChI is InChI=1S/C42H76NO4.BrH/c1-5-7-9-11-13-15-17-19-21-23-25-27-29-31-33-35-39(44)41(46)37-43(3,4)38-42(47)40(45)36-34-32-30-28-26-24-22-20-18-16-14-12-10-8-6-2;/h31-32,35-36,41-42,46-47H,5-30,37-38H2,1-4H3;1H/q+1;/p-1. The first-order chi connectivity index (χ1) is 22.7. The number of hydrogen-bond donors (Lipinski definition) is 2. The van der Waals surface area contributed by atoms with E-state index in [1.807, 2.05) is 12.2 Å². The molecule has 0 aliphatic heterocycles. The Hall–Kier alpha value is -1.26. The van der Waals surface area contributed by atoms with Gasteiger partial charge in [-0.1, -0.05) is 155 Å². The Kier molecular flexibility index (Phi) is 36.2. The van der Waals surface area contributed by atoms with E-state index in [0.717, 1.165) is 25.7 Å². The van der Waals surface area contributed by atoms with Crippen LogP contribution in [0.5, 0.6) is 0 Å². The molecule has 280 valence electrons. The topological polar surface area (TPSA) is 74.6 Å². The first kappa shape index (κ1) is 48.9. The molecule has 0 fully saturated rings. The maximum atomic E-state index is 12.4. The van der Waals surface area contributed by atoms with Crippen LogP contribution in [0.4, 0.5) is 0 Å². The van der Waals surface area contributed by atoms with E-state index in [2.05, 4.69) is 25.3 Å². The van der Waals surface area contributed by atoms with E-state index in [1.165, 1.54) is 153 Å². The van der Waals surface area contributed by atoms with Gasteiger partial charge in [0.2, 0.25) is 0 Å². The molecule has 0 rings (SSSR count). The van der Waals surface area contributed by atoms with Gasteiger partial charge < -0.3 is 31.7 Å². The Labute approximate surface area is 307 Å². The summed E-state index contributed by atoms with van der Waals surface area (Å²) in [6.45, 7) is 4.74. The number of aliphatic hydroxyl groups excluding tert-OH is 2. The van der Waals surface area contributed by atoms with Crippen molar-refractivity contribution in [3.05, 3.63) is 35.8 Å². The van der Waals surface area contributed by atoms with Crippen LogP contribution in [0, 0.1) is 0 Å². The minimum atomic E-state index is -1.20. The Bertz CT molecular complexity index is 816. The van der Waals surface area contributed by atoms with Crippen LogP contribution in [0.3, 0.4) is 0 Å². The summed E-state index contributed by atoms with van der Waals surface area (Å²) in [7, 11) is 3.60. The molecule has 2 N–H and O–H groups in total. The van der Waals surface area contributed by atoms with Crippen molar-refractivity contribution in [2.75, 3.05) is 27.2 Å². The molecule has 0 saturated heterocycles. The van der Waals surface area contributed by atoms with Crippen molar-refractivity contribution in [2.24, 2.45) is 0 Å². The Morgan fingerprint density at radius 1 is 0.500 bits per heavy atom. The molecule has 0 aromatic heterocycles. The number of carbonyl (C=O) groups is 2. The minimum Gasteiger partial charge on any atom is -1.00 e. The summed E-state index contributed by atoms with van der Waals surface area (Å²) in [6.07, 6.45) is 37.3. The van der Waals surface area contributed by atoms with Gasteiger partial charge in [-0.25, -0.2) is 0 Å². The maximum absolute atomic E-state index is 12.4. The zero-order valence-electron chi connectivity index (χ0n) is 31.8. The first-order valence-corrected chi connectivity index (χ1v) is 19.8. The summed E-state index contributed by atoms with van der Waals surface area (Å²) in [6, 6.07) is 0. The number of halogens is 1. The largest absolute Gasteiger partial charge is 1.00 e. The lowest BCUT2D eigenvalue weighted by Crippen LogP contribution is -3.00. The fourth-order valence-corrected chi connectivity index (χ4v) is 6.01. The Balaban J connectivity index is 0. The SMILES string of the molecule is CCCCCCCCCCCCCCC=C=CC(=O)C(O)C[N+](C)(C)CC(O)C(=O)C=C=CCCCCCCCCCCCCCC.[Br-]. The van der Waals surface area contributed by atoms with Crippen LogP contribution in [-0.4, -0.2) is 65.7 Å². The molecule has 48 heavy (non-hydrogen) atoms. The summed E-state index contributed by atoms with van der Waals surface area (Å²) in [5, 5.41) is 20.9. The van der Waals surface area contributed by atoms with Gasteiger partial charge in [-0.05, 0) is 37.8 Å². The average molecular weight is 739 g/mol. The predicted molar refractivity (Wildman–Crippen MR) is 201 cm³/mol. The summed E-state index contributed by atoms with van der Waals surface area (Å²) in [5.41, 5.74) is 5.85. The van der Waals surface area contributed by atoms with E-state index in [1.54, 1.807) is 14.1 Å². The Morgan fingerprint density at radius 2 is 0.750 bits per heavy atom. The van der Waals surface area contributed by atoms with Gasteiger partial charge in [0.15, 0.2) is 23.8 Å². The number of hydrogen-bond acceptors (Lipinski definition) is 4. The second-order valence-corrected chi connectivity index (χ2v) is 14.5. The highest BCUT2D eigenvalue weighted by Gasteiger charge is 2.29. The van der Waals surface area contributed by atoms with Gasteiger partial charge in [-0.2, -0.15) is 0 Å². The second kappa shape index (κ2) is 35.6. The molecule has 5 nitrogen and oxygen atoms in total. The molecule has 0 aliphatic rings. The third-order valence-electron chi connectivity index (χ3n) is 9.08. The molecule has 0 aromatic rings. The van der Waals surface area contributed by atoms with Gasteiger partial charge in [0.05, 0.1) is 14.1 Å². The van der Waals surface area contributed by atoms with Gasteiger partial charge >= 0.3 is 0 Å². The van der Waals surface area contributed by atoms with Crippen molar-refractivity contribution in [1.29, 1.82) is 0 Å². The van der Waals surface area contributed by atoms with Crippen molar-refractivity contribution in [3.8, 4) is 0 Å². The molecule has 0 spiro atoms. The lowest BCUT2D eigenvalue weighted by atomic mass is 10.0. The fourth-order valence-electron chi connectivity index (χ4n) is 6.01. The molecule has 0 aromatic carbocycles. The monoisotopic (exact) mass is 737 g/mol. The van der Waals surface area contributed by atoms with Crippen LogP contribution in [0.15, 0.2) is 35.8 Å². The molecule has 2 atom stereocenters. The van der Waals surface area contributed by atoms with E-state index < -0.39 is 23.8 Å². The van der Waals surface area contributed by atoms with Gasteiger partial charge in [0.25, 0.3) is 0 Å². The summed E-state index contributed by atoms with van der Waals surface area (Å²) in [5.74, 6) is -0.799.